The van der Waals surface area contributed by atoms with E-state index in [-0.39, 0.29) is 22.0 Å². The highest BCUT2D eigenvalue weighted by Gasteiger charge is 2.30. The molecule has 0 spiro atoms. The number of imidazole rings is 1. The Labute approximate surface area is 427 Å². The third kappa shape index (κ3) is 7.86. The molecule has 5 heteroatoms. The number of fused-ring (bicyclic) bond motifs is 8. The van der Waals surface area contributed by atoms with Gasteiger partial charge in [-0.05, 0) is 120 Å². The Morgan fingerprint density at radius 3 is 1.90 bits per heavy atom. The topological polar surface area (TPSA) is 64.1 Å². The maximum absolute atomic E-state index is 12.8. The minimum Gasteiger partial charge on any atom is -0.507 e. The molecule has 0 saturated heterocycles. The van der Waals surface area contributed by atoms with Gasteiger partial charge in [-0.3, -0.25) is 9.55 Å². The van der Waals surface area contributed by atoms with E-state index in [1.807, 2.05) is 12.3 Å². The molecule has 0 unspecified atom stereocenters. The molecule has 0 atom stereocenters. The molecule has 12 rings (SSSR count). The molecule has 5 nitrogen and oxygen atoms in total. The number of hydrogen-bond acceptors (Lipinski definition) is 4. The second-order valence-electron chi connectivity index (χ2n) is 22.8. The largest absolute Gasteiger partial charge is 0.507 e. The average Bonchev–Trinajstić information content (AvgIpc) is 3.98. The van der Waals surface area contributed by atoms with Gasteiger partial charge < -0.3 is 9.52 Å². The number of benzene rings is 9. The van der Waals surface area contributed by atoms with Gasteiger partial charge >= 0.3 is 0 Å². The molecular formula is C68H59N3O2. The van der Waals surface area contributed by atoms with Crippen LogP contribution in [0.5, 0.6) is 5.75 Å². The van der Waals surface area contributed by atoms with Crippen molar-refractivity contribution in [2.24, 2.45) is 0 Å². The SMILES string of the molecule is CC(C)(C)c1ccc(-n2c(-c3cc(C(C)(C)C)cc(C(C)(C)C)c3O)nc3c(-c4cc(-c5cc(-c6ccccc6)ccn5)cc5c4oc4ccc6c7ccccc7ccc6c45)cccc32)c(-c2ccccc2)c1. The van der Waals surface area contributed by atoms with E-state index in [0.29, 0.717) is 11.4 Å². The summed E-state index contributed by atoms with van der Waals surface area (Å²) in [5, 5.41) is 19.5. The summed E-state index contributed by atoms with van der Waals surface area (Å²) >= 11 is 0. The first-order chi connectivity index (χ1) is 35.0. The molecule has 9 aromatic carbocycles. The fraction of sp³-hybridized carbons (Fsp3) is 0.176. The number of nitrogens with zero attached hydrogens (tertiary/aromatic N) is 3. The lowest BCUT2D eigenvalue weighted by atomic mass is 9.79. The first-order valence-electron chi connectivity index (χ1n) is 25.4. The zero-order valence-electron chi connectivity index (χ0n) is 43.1. The van der Waals surface area contributed by atoms with Gasteiger partial charge in [0, 0.05) is 44.8 Å². The summed E-state index contributed by atoms with van der Waals surface area (Å²) < 4.78 is 9.43. The molecule has 0 saturated carbocycles. The van der Waals surface area contributed by atoms with Crippen molar-refractivity contribution in [3.05, 3.63) is 205 Å². The fourth-order valence-electron chi connectivity index (χ4n) is 10.8. The number of aromatic nitrogens is 3. The highest BCUT2D eigenvalue weighted by atomic mass is 16.3. The molecule has 0 aliphatic heterocycles. The summed E-state index contributed by atoms with van der Waals surface area (Å²) in [4.78, 5) is 10.9. The number of hydrogen-bond donors (Lipinski definition) is 1. The maximum atomic E-state index is 12.8. The molecule has 3 aromatic heterocycles. The minimum atomic E-state index is -0.360. The molecule has 12 aromatic rings. The maximum Gasteiger partial charge on any atom is 0.149 e. The van der Waals surface area contributed by atoms with Crippen molar-refractivity contribution in [3.8, 4) is 67.5 Å². The van der Waals surface area contributed by atoms with Crippen molar-refractivity contribution < 1.29 is 9.52 Å². The van der Waals surface area contributed by atoms with Gasteiger partial charge in [0.1, 0.15) is 22.7 Å². The van der Waals surface area contributed by atoms with Crippen molar-refractivity contribution in [1.29, 1.82) is 0 Å². The van der Waals surface area contributed by atoms with Crippen LogP contribution >= 0.6 is 0 Å². The summed E-state index contributed by atoms with van der Waals surface area (Å²) in [6.45, 7) is 20.0. The average molecular weight is 950 g/mol. The quantitative estimate of drug-likeness (QED) is 0.169. The van der Waals surface area contributed by atoms with Gasteiger partial charge in [-0.25, -0.2) is 4.98 Å². The van der Waals surface area contributed by atoms with Crippen LogP contribution < -0.4 is 0 Å². The van der Waals surface area contributed by atoms with E-state index in [0.717, 1.165) is 99.8 Å². The zero-order chi connectivity index (χ0) is 50.6. The van der Waals surface area contributed by atoms with Crippen molar-refractivity contribution in [3.63, 3.8) is 0 Å². The summed E-state index contributed by atoms with van der Waals surface area (Å²) in [6, 6.07) is 64.9. The van der Waals surface area contributed by atoms with Gasteiger partial charge in [-0.2, -0.15) is 0 Å². The Morgan fingerprint density at radius 2 is 1.16 bits per heavy atom. The van der Waals surface area contributed by atoms with Crippen LogP contribution in [0, 0.1) is 0 Å². The van der Waals surface area contributed by atoms with Crippen LogP contribution in [-0.2, 0) is 16.2 Å². The standard InChI is InChI=1S/C68H59N3O2/c1-66(2,3)46-28-31-58(52(38-46)42-21-14-11-15-22-42)71-59-26-18-25-51(62(59)70-65(71)55-39-47(67(4,5)6)40-56(63(55)72)68(7,8)9)53-35-45(57-37-44(33-34-69-57)41-19-12-10-13-20-41)36-54-61-50-29-27-43-23-16-17-24-48(43)49(50)30-32-60(61)73-64(53)54/h10-40,72H,1-9H3. The summed E-state index contributed by atoms with van der Waals surface area (Å²) in [6.07, 6.45) is 1.91. The normalized spacial score (nSPS) is 12.5. The van der Waals surface area contributed by atoms with E-state index in [9.17, 15) is 5.11 Å². The first kappa shape index (κ1) is 45.8. The second-order valence-corrected chi connectivity index (χ2v) is 22.8. The Balaban J connectivity index is 1.21. The highest BCUT2D eigenvalue weighted by Crippen LogP contribution is 2.48. The summed E-state index contributed by atoms with van der Waals surface area (Å²) in [5.41, 5.74) is 15.5. The Kier molecular flexibility index (Phi) is 10.6. The predicted molar refractivity (Wildman–Crippen MR) is 306 cm³/mol. The molecule has 0 aliphatic carbocycles. The van der Waals surface area contributed by atoms with Crippen LogP contribution in [-0.4, -0.2) is 19.6 Å². The molecule has 0 fully saturated rings. The Bertz CT molecular complexity index is 4140. The Morgan fingerprint density at radius 1 is 0.466 bits per heavy atom. The molecule has 0 radical (unpaired) electrons. The van der Waals surface area contributed by atoms with Crippen LogP contribution in [0.2, 0.25) is 0 Å². The Hall–Kier alpha value is -8.28. The molecule has 73 heavy (non-hydrogen) atoms. The lowest BCUT2D eigenvalue weighted by molar-refractivity contribution is 0.446. The fourth-order valence-corrected chi connectivity index (χ4v) is 10.8. The lowest BCUT2D eigenvalue weighted by Crippen LogP contribution is -2.17. The van der Waals surface area contributed by atoms with E-state index >= 15 is 0 Å². The molecule has 0 amide bonds. The van der Waals surface area contributed by atoms with Crippen molar-refractivity contribution in [1.82, 2.24) is 14.5 Å². The number of pyridine rings is 1. The summed E-state index contributed by atoms with van der Waals surface area (Å²) in [5.74, 6) is 0.890. The molecule has 358 valence electrons. The van der Waals surface area contributed by atoms with Gasteiger partial charge in [0.2, 0.25) is 0 Å². The number of para-hydroxylation sites is 1. The van der Waals surface area contributed by atoms with Crippen LogP contribution in [0.3, 0.4) is 0 Å². The predicted octanol–water partition coefficient (Wildman–Crippen LogP) is 18.6. The third-order valence-electron chi connectivity index (χ3n) is 14.8. The lowest BCUT2D eigenvalue weighted by Gasteiger charge is -2.28. The van der Waals surface area contributed by atoms with Crippen LogP contribution in [0.4, 0.5) is 0 Å². The van der Waals surface area contributed by atoms with Crippen molar-refractivity contribution in [2.75, 3.05) is 0 Å². The van der Waals surface area contributed by atoms with Gasteiger partial charge in [0.25, 0.3) is 0 Å². The number of rotatable bonds is 6. The molecular weight excluding hydrogens is 891 g/mol. The van der Waals surface area contributed by atoms with E-state index in [1.54, 1.807) is 0 Å². The third-order valence-corrected chi connectivity index (χ3v) is 14.8. The van der Waals surface area contributed by atoms with Crippen LogP contribution in [0.1, 0.15) is 79.0 Å². The van der Waals surface area contributed by atoms with E-state index in [2.05, 4.69) is 243 Å². The van der Waals surface area contributed by atoms with E-state index in [1.165, 1.54) is 21.7 Å². The molecule has 0 bridgehead atoms. The highest BCUT2D eigenvalue weighted by molar-refractivity contribution is 6.25. The van der Waals surface area contributed by atoms with Crippen LogP contribution in [0.15, 0.2) is 193 Å². The van der Waals surface area contributed by atoms with Gasteiger partial charge in [0.05, 0.1) is 28.0 Å². The van der Waals surface area contributed by atoms with E-state index < -0.39 is 0 Å². The smallest absolute Gasteiger partial charge is 0.149 e. The zero-order valence-corrected chi connectivity index (χ0v) is 43.1. The number of aromatic hydroxyl groups is 1. The molecule has 3 heterocycles. The van der Waals surface area contributed by atoms with E-state index in [4.69, 9.17) is 14.4 Å². The van der Waals surface area contributed by atoms with Crippen molar-refractivity contribution >= 4 is 54.5 Å². The number of phenolic OH excluding ortho intramolecular Hbond substituents is 1. The van der Waals surface area contributed by atoms with Crippen LogP contribution in [0.25, 0.3) is 116 Å². The number of furan rings is 1. The second kappa shape index (κ2) is 16.9. The van der Waals surface area contributed by atoms with Crippen molar-refractivity contribution in [2.45, 2.75) is 78.6 Å². The van der Waals surface area contributed by atoms with Gasteiger partial charge in [0.15, 0.2) is 0 Å². The monoisotopic (exact) mass is 949 g/mol. The van der Waals surface area contributed by atoms with Gasteiger partial charge in [-0.1, -0.05) is 190 Å². The number of phenols is 1. The first-order valence-corrected chi connectivity index (χ1v) is 25.4. The van der Waals surface area contributed by atoms with Gasteiger partial charge in [-0.15, -0.1) is 0 Å². The summed E-state index contributed by atoms with van der Waals surface area (Å²) in [7, 11) is 0. The molecule has 0 aliphatic rings. The molecule has 1 N–H and O–H groups in total. The minimum absolute atomic E-state index is 0.104.